The topological polar surface area (TPSA) is 64.7 Å². The van der Waals surface area contributed by atoms with Gasteiger partial charge in [-0.15, -0.1) is 0 Å². The SMILES string of the molecule is CCCNC(=O)CN1CCN(C(C)C(=O)Nc2cc(Cl)ccc2C)CC1. The summed E-state index contributed by atoms with van der Waals surface area (Å²) in [6, 6.07) is 5.25. The Balaban J connectivity index is 1.81. The van der Waals surface area contributed by atoms with E-state index >= 15 is 0 Å². The molecule has 1 fully saturated rings. The number of carbonyl (C=O) groups is 2. The van der Waals surface area contributed by atoms with E-state index in [1.165, 1.54) is 0 Å². The number of benzene rings is 1. The summed E-state index contributed by atoms with van der Waals surface area (Å²) in [5.74, 6) is 0.0343. The van der Waals surface area contributed by atoms with Crippen LogP contribution >= 0.6 is 11.6 Å². The van der Waals surface area contributed by atoms with E-state index in [0.717, 1.165) is 50.4 Å². The minimum atomic E-state index is -0.232. The molecule has 0 spiro atoms. The summed E-state index contributed by atoms with van der Waals surface area (Å²) in [4.78, 5) is 28.7. The second-order valence-electron chi connectivity index (χ2n) is 6.79. The highest BCUT2D eigenvalue weighted by molar-refractivity contribution is 6.31. The fraction of sp³-hybridized carbons (Fsp3) is 0.579. The van der Waals surface area contributed by atoms with Crippen LogP contribution in [0.3, 0.4) is 0 Å². The molecule has 1 aliphatic heterocycles. The lowest BCUT2D eigenvalue weighted by molar-refractivity contribution is -0.124. The van der Waals surface area contributed by atoms with Crippen molar-refractivity contribution in [2.24, 2.45) is 0 Å². The van der Waals surface area contributed by atoms with Gasteiger partial charge in [0.05, 0.1) is 12.6 Å². The Hall–Kier alpha value is -1.63. The van der Waals surface area contributed by atoms with Crippen molar-refractivity contribution in [3.05, 3.63) is 28.8 Å². The summed E-state index contributed by atoms with van der Waals surface area (Å²) >= 11 is 6.02. The highest BCUT2D eigenvalue weighted by atomic mass is 35.5. The molecule has 0 aromatic heterocycles. The Labute approximate surface area is 160 Å². The normalized spacial score (nSPS) is 16.9. The lowest BCUT2D eigenvalue weighted by Gasteiger charge is -2.37. The zero-order valence-corrected chi connectivity index (χ0v) is 16.6. The number of rotatable bonds is 7. The molecule has 0 radical (unpaired) electrons. The summed E-state index contributed by atoms with van der Waals surface area (Å²) in [6.07, 6.45) is 0.943. The van der Waals surface area contributed by atoms with Crippen molar-refractivity contribution in [3.63, 3.8) is 0 Å². The van der Waals surface area contributed by atoms with Crippen LogP contribution in [0.4, 0.5) is 5.69 Å². The van der Waals surface area contributed by atoms with Crippen LogP contribution in [0.1, 0.15) is 25.8 Å². The predicted octanol–water partition coefficient (Wildman–Crippen LogP) is 2.12. The number of amides is 2. The molecule has 1 unspecified atom stereocenters. The van der Waals surface area contributed by atoms with Crippen LogP contribution in [-0.2, 0) is 9.59 Å². The molecule has 1 atom stereocenters. The van der Waals surface area contributed by atoms with Gasteiger partial charge in [0.2, 0.25) is 11.8 Å². The number of hydrogen-bond donors (Lipinski definition) is 2. The fourth-order valence-electron chi connectivity index (χ4n) is 2.96. The van der Waals surface area contributed by atoms with E-state index in [9.17, 15) is 9.59 Å². The van der Waals surface area contributed by atoms with Crippen molar-refractivity contribution in [3.8, 4) is 0 Å². The summed E-state index contributed by atoms with van der Waals surface area (Å²) in [5, 5.41) is 6.48. The Kier molecular flexibility index (Phi) is 7.87. The molecule has 2 N–H and O–H groups in total. The summed E-state index contributed by atoms with van der Waals surface area (Å²) in [5.41, 5.74) is 1.73. The monoisotopic (exact) mass is 380 g/mol. The van der Waals surface area contributed by atoms with Crippen molar-refractivity contribution in [2.45, 2.75) is 33.2 Å². The number of carbonyl (C=O) groups excluding carboxylic acids is 2. The van der Waals surface area contributed by atoms with Crippen molar-refractivity contribution in [1.29, 1.82) is 0 Å². The van der Waals surface area contributed by atoms with Gasteiger partial charge in [0.25, 0.3) is 0 Å². The molecule has 6 nitrogen and oxygen atoms in total. The molecule has 1 aromatic carbocycles. The van der Waals surface area contributed by atoms with Crippen LogP contribution in [-0.4, -0.2) is 66.9 Å². The molecule has 1 saturated heterocycles. The number of halogens is 1. The molecule has 2 rings (SSSR count). The van der Waals surface area contributed by atoms with Gasteiger partial charge in [-0.2, -0.15) is 0 Å². The number of hydrogen-bond acceptors (Lipinski definition) is 4. The van der Waals surface area contributed by atoms with Gasteiger partial charge in [0.1, 0.15) is 0 Å². The lowest BCUT2D eigenvalue weighted by Crippen LogP contribution is -2.54. The molecule has 1 aliphatic rings. The minimum Gasteiger partial charge on any atom is -0.355 e. The Morgan fingerprint density at radius 1 is 1.23 bits per heavy atom. The van der Waals surface area contributed by atoms with Crippen LogP contribution in [0.25, 0.3) is 0 Å². The van der Waals surface area contributed by atoms with Gasteiger partial charge in [-0.1, -0.05) is 24.6 Å². The zero-order valence-electron chi connectivity index (χ0n) is 15.8. The third-order valence-electron chi connectivity index (χ3n) is 4.73. The van der Waals surface area contributed by atoms with E-state index < -0.39 is 0 Å². The summed E-state index contributed by atoms with van der Waals surface area (Å²) < 4.78 is 0. The average Bonchev–Trinajstić information content (AvgIpc) is 2.63. The van der Waals surface area contributed by atoms with Gasteiger partial charge in [-0.25, -0.2) is 0 Å². The molecule has 144 valence electrons. The fourth-order valence-corrected chi connectivity index (χ4v) is 3.14. The largest absolute Gasteiger partial charge is 0.355 e. The molecule has 7 heteroatoms. The van der Waals surface area contributed by atoms with E-state index in [-0.39, 0.29) is 17.9 Å². The first kappa shape index (κ1) is 20.7. The van der Waals surface area contributed by atoms with Crippen LogP contribution in [0, 0.1) is 6.92 Å². The van der Waals surface area contributed by atoms with E-state index in [4.69, 9.17) is 11.6 Å². The molecule has 0 bridgehead atoms. The highest BCUT2D eigenvalue weighted by Crippen LogP contribution is 2.20. The van der Waals surface area contributed by atoms with Gasteiger partial charge < -0.3 is 10.6 Å². The van der Waals surface area contributed by atoms with Crippen LogP contribution in [0.2, 0.25) is 5.02 Å². The summed E-state index contributed by atoms with van der Waals surface area (Å²) in [7, 11) is 0. The maximum absolute atomic E-state index is 12.6. The molecule has 0 aliphatic carbocycles. The van der Waals surface area contributed by atoms with Crippen molar-refractivity contribution < 1.29 is 9.59 Å². The summed E-state index contributed by atoms with van der Waals surface area (Å²) in [6.45, 7) is 10.2. The van der Waals surface area contributed by atoms with Crippen molar-refractivity contribution in [1.82, 2.24) is 15.1 Å². The first-order valence-electron chi connectivity index (χ1n) is 9.20. The lowest BCUT2D eigenvalue weighted by atomic mass is 10.1. The van der Waals surface area contributed by atoms with Crippen LogP contribution < -0.4 is 10.6 Å². The standard InChI is InChI=1S/C19H29ClN4O2/c1-4-7-21-18(25)13-23-8-10-24(11-9-23)15(3)19(26)22-17-12-16(20)6-5-14(17)2/h5-6,12,15H,4,7-11,13H2,1-3H3,(H,21,25)(H,22,26). The second kappa shape index (κ2) is 9.90. The number of nitrogens with zero attached hydrogens (tertiary/aromatic N) is 2. The van der Waals surface area contributed by atoms with Gasteiger partial charge in [0, 0.05) is 43.4 Å². The number of anilines is 1. The Morgan fingerprint density at radius 2 is 1.92 bits per heavy atom. The molecule has 26 heavy (non-hydrogen) atoms. The zero-order chi connectivity index (χ0) is 19.1. The van der Waals surface area contributed by atoms with E-state index in [1.54, 1.807) is 6.07 Å². The molecule has 0 saturated carbocycles. The minimum absolute atomic E-state index is 0.0375. The van der Waals surface area contributed by atoms with E-state index in [0.29, 0.717) is 11.6 Å². The average molecular weight is 381 g/mol. The Morgan fingerprint density at radius 3 is 2.58 bits per heavy atom. The van der Waals surface area contributed by atoms with Gasteiger partial charge in [-0.05, 0) is 38.0 Å². The first-order chi connectivity index (χ1) is 12.4. The quantitative estimate of drug-likeness (QED) is 0.760. The van der Waals surface area contributed by atoms with Gasteiger partial charge >= 0.3 is 0 Å². The molecule has 2 amide bonds. The van der Waals surface area contributed by atoms with Crippen molar-refractivity contribution >= 4 is 29.1 Å². The third kappa shape index (κ3) is 5.97. The molecular weight excluding hydrogens is 352 g/mol. The van der Waals surface area contributed by atoms with E-state index in [2.05, 4.69) is 20.4 Å². The maximum Gasteiger partial charge on any atom is 0.241 e. The van der Waals surface area contributed by atoms with Crippen molar-refractivity contribution in [2.75, 3.05) is 44.6 Å². The Bertz CT molecular complexity index is 630. The third-order valence-corrected chi connectivity index (χ3v) is 4.97. The van der Waals surface area contributed by atoms with Gasteiger partial charge in [-0.3, -0.25) is 19.4 Å². The highest BCUT2D eigenvalue weighted by Gasteiger charge is 2.26. The van der Waals surface area contributed by atoms with E-state index in [1.807, 2.05) is 32.9 Å². The number of nitrogens with one attached hydrogen (secondary N) is 2. The predicted molar refractivity (Wildman–Crippen MR) is 106 cm³/mol. The van der Waals surface area contributed by atoms with Crippen LogP contribution in [0.15, 0.2) is 18.2 Å². The number of piperazine rings is 1. The number of aryl methyl sites for hydroxylation is 1. The molecular formula is C19H29ClN4O2. The molecule has 1 aromatic rings. The molecule has 1 heterocycles. The van der Waals surface area contributed by atoms with Gasteiger partial charge in [0.15, 0.2) is 0 Å². The smallest absolute Gasteiger partial charge is 0.241 e. The second-order valence-corrected chi connectivity index (χ2v) is 7.22. The maximum atomic E-state index is 12.6. The van der Waals surface area contributed by atoms with Crippen LogP contribution in [0.5, 0.6) is 0 Å². The first-order valence-corrected chi connectivity index (χ1v) is 9.58.